The minimum atomic E-state index is -3.73. The van der Waals surface area contributed by atoms with Crippen LogP contribution in [0.1, 0.15) is 21.5 Å². The monoisotopic (exact) mass is 408 g/mol. The van der Waals surface area contributed by atoms with Gasteiger partial charge in [-0.1, -0.05) is 12.1 Å². The molecule has 0 aromatic heterocycles. The number of rotatable bonds is 6. The fourth-order valence-electron chi connectivity index (χ4n) is 2.31. The molecule has 9 heteroatoms. The van der Waals surface area contributed by atoms with Crippen molar-refractivity contribution in [3.05, 3.63) is 58.9 Å². The highest BCUT2D eigenvalue weighted by molar-refractivity contribution is 7.89. The second-order valence-electron chi connectivity index (χ2n) is 6.37. The lowest BCUT2D eigenvalue weighted by molar-refractivity contribution is -0.119. The third-order valence-corrected chi connectivity index (χ3v) is 5.75. The number of sulfonamides is 1. The highest BCUT2D eigenvalue weighted by Crippen LogP contribution is 2.19. The van der Waals surface area contributed by atoms with Gasteiger partial charge < -0.3 is 10.1 Å². The summed E-state index contributed by atoms with van der Waals surface area (Å²) in [6, 6.07) is 8.37. The SMILES string of the molecule is Cc1ccc(NC(=O)COC(=O)c2cc(S(=O)(=O)N(C)C)ccc2C)c(F)c1. The van der Waals surface area contributed by atoms with Crippen LogP contribution in [0, 0.1) is 19.7 Å². The zero-order valence-electron chi connectivity index (χ0n) is 15.9. The number of esters is 1. The van der Waals surface area contributed by atoms with Gasteiger partial charge in [0.2, 0.25) is 10.0 Å². The predicted molar refractivity (Wildman–Crippen MR) is 102 cm³/mol. The van der Waals surface area contributed by atoms with Crippen LogP contribution < -0.4 is 5.32 Å². The van der Waals surface area contributed by atoms with Crippen molar-refractivity contribution in [1.29, 1.82) is 0 Å². The fraction of sp³-hybridized carbons (Fsp3) is 0.263. The maximum absolute atomic E-state index is 13.8. The van der Waals surface area contributed by atoms with Crippen LogP contribution >= 0.6 is 0 Å². The summed E-state index contributed by atoms with van der Waals surface area (Å²) in [6.07, 6.45) is 0. The standard InChI is InChI=1S/C19H21FN2O5S/c1-12-5-8-17(16(20)9-12)21-18(23)11-27-19(24)15-10-14(7-6-13(15)2)28(25,26)22(3)4/h5-10H,11H2,1-4H3,(H,21,23). The van der Waals surface area contributed by atoms with Gasteiger partial charge in [0.05, 0.1) is 16.1 Å². The van der Waals surface area contributed by atoms with Crippen molar-refractivity contribution in [2.75, 3.05) is 26.0 Å². The number of amides is 1. The van der Waals surface area contributed by atoms with Crippen LogP contribution in [-0.4, -0.2) is 45.3 Å². The molecular formula is C19H21FN2O5S. The maximum atomic E-state index is 13.8. The lowest BCUT2D eigenvalue weighted by Crippen LogP contribution is -2.24. The zero-order chi connectivity index (χ0) is 21.1. The van der Waals surface area contributed by atoms with Crippen LogP contribution in [0.25, 0.3) is 0 Å². The summed E-state index contributed by atoms with van der Waals surface area (Å²) in [5.41, 5.74) is 1.19. The van der Waals surface area contributed by atoms with E-state index in [1.165, 1.54) is 44.4 Å². The van der Waals surface area contributed by atoms with E-state index in [1.54, 1.807) is 19.9 Å². The van der Waals surface area contributed by atoms with Crippen LogP contribution in [-0.2, 0) is 19.6 Å². The summed E-state index contributed by atoms with van der Waals surface area (Å²) in [5, 5.41) is 2.32. The largest absolute Gasteiger partial charge is 0.452 e. The van der Waals surface area contributed by atoms with Crippen LogP contribution in [0.5, 0.6) is 0 Å². The number of halogens is 1. The molecule has 2 aromatic carbocycles. The summed E-state index contributed by atoms with van der Waals surface area (Å²) in [6.45, 7) is 2.68. The van der Waals surface area contributed by atoms with Crippen molar-refractivity contribution in [3.63, 3.8) is 0 Å². The minimum absolute atomic E-state index is 0.0252. The number of anilines is 1. The first-order valence-corrected chi connectivity index (χ1v) is 9.72. The summed E-state index contributed by atoms with van der Waals surface area (Å²) in [5.74, 6) is -2.17. The Morgan fingerprint density at radius 1 is 1.11 bits per heavy atom. The van der Waals surface area contributed by atoms with E-state index in [9.17, 15) is 22.4 Å². The van der Waals surface area contributed by atoms with E-state index in [0.717, 1.165) is 4.31 Å². The number of nitrogens with one attached hydrogen (secondary N) is 1. The van der Waals surface area contributed by atoms with Crippen molar-refractivity contribution in [3.8, 4) is 0 Å². The van der Waals surface area contributed by atoms with Crippen molar-refractivity contribution in [1.82, 2.24) is 4.31 Å². The molecule has 2 aromatic rings. The van der Waals surface area contributed by atoms with E-state index in [2.05, 4.69) is 5.32 Å². The Balaban J connectivity index is 2.09. The smallest absolute Gasteiger partial charge is 0.338 e. The first-order valence-electron chi connectivity index (χ1n) is 8.28. The zero-order valence-corrected chi connectivity index (χ0v) is 16.8. The Morgan fingerprint density at radius 3 is 2.39 bits per heavy atom. The van der Waals surface area contributed by atoms with Crippen molar-refractivity contribution >= 4 is 27.6 Å². The average Bonchev–Trinajstić information content (AvgIpc) is 2.62. The molecule has 2 rings (SSSR count). The Morgan fingerprint density at radius 2 is 1.79 bits per heavy atom. The quantitative estimate of drug-likeness (QED) is 0.742. The number of nitrogens with zero attached hydrogens (tertiary/aromatic N) is 1. The van der Waals surface area contributed by atoms with E-state index in [1.807, 2.05) is 0 Å². The van der Waals surface area contributed by atoms with Gasteiger partial charge in [0.15, 0.2) is 6.61 Å². The van der Waals surface area contributed by atoms with Gasteiger partial charge in [-0.25, -0.2) is 21.9 Å². The highest BCUT2D eigenvalue weighted by atomic mass is 32.2. The van der Waals surface area contributed by atoms with E-state index in [0.29, 0.717) is 11.1 Å². The van der Waals surface area contributed by atoms with E-state index < -0.39 is 34.3 Å². The molecule has 0 fully saturated rings. The summed E-state index contributed by atoms with van der Waals surface area (Å²) in [4.78, 5) is 24.2. The number of aryl methyl sites for hydroxylation is 2. The van der Waals surface area contributed by atoms with Gasteiger partial charge in [0.25, 0.3) is 5.91 Å². The number of carbonyl (C=O) groups is 2. The molecule has 0 aliphatic rings. The van der Waals surface area contributed by atoms with Crippen LogP contribution in [0.2, 0.25) is 0 Å². The lowest BCUT2D eigenvalue weighted by atomic mass is 10.1. The van der Waals surface area contributed by atoms with Crippen molar-refractivity contribution in [2.24, 2.45) is 0 Å². The second-order valence-corrected chi connectivity index (χ2v) is 8.52. The van der Waals surface area contributed by atoms with Crippen LogP contribution in [0.15, 0.2) is 41.3 Å². The molecule has 1 amide bonds. The molecule has 0 saturated carbocycles. The van der Waals surface area contributed by atoms with E-state index >= 15 is 0 Å². The third-order valence-electron chi connectivity index (χ3n) is 3.94. The summed E-state index contributed by atoms with van der Waals surface area (Å²) in [7, 11) is -0.972. The maximum Gasteiger partial charge on any atom is 0.338 e. The average molecular weight is 408 g/mol. The summed E-state index contributed by atoms with van der Waals surface area (Å²) >= 11 is 0. The molecule has 0 unspecified atom stereocenters. The third kappa shape index (κ3) is 4.93. The van der Waals surface area contributed by atoms with Gasteiger partial charge in [-0.3, -0.25) is 4.79 Å². The number of benzene rings is 2. The molecule has 0 atom stereocenters. The second kappa shape index (κ2) is 8.49. The molecule has 0 radical (unpaired) electrons. The normalized spacial score (nSPS) is 11.4. The fourth-order valence-corrected chi connectivity index (χ4v) is 3.24. The molecule has 0 spiro atoms. The Bertz CT molecular complexity index is 1020. The topological polar surface area (TPSA) is 92.8 Å². The number of carbonyl (C=O) groups excluding carboxylic acids is 2. The van der Waals surface area contributed by atoms with E-state index in [4.69, 9.17) is 4.74 Å². The Kier molecular flexibility index (Phi) is 6.52. The molecule has 0 heterocycles. The minimum Gasteiger partial charge on any atom is -0.452 e. The molecule has 0 bridgehead atoms. The van der Waals surface area contributed by atoms with Gasteiger partial charge in [0.1, 0.15) is 5.82 Å². The van der Waals surface area contributed by atoms with Crippen LogP contribution in [0.3, 0.4) is 0 Å². The lowest BCUT2D eigenvalue weighted by Gasteiger charge is -2.13. The Hall–Kier alpha value is -2.78. The number of hydrogen-bond donors (Lipinski definition) is 1. The van der Waals surface area contributed by atoms with Gasteiger partial charge in [-0.05, 0) is 49.2 Å². The van der Waals surface area contributed by atoms with Crippen molar-refractivity contribution in [2.45, 2.75) is 18.7 Å². The van der Waals surface area contributed by atoms with E-state index in [-0.39, 0.29) is 16.1 Å². The molecule has 150 valence electrons. The molecule has 1 N–H and O–H groups in total. The van der Waals surface area contributed by atoms with Gasteiger partial charge in [-0.15, -0.1) is 0 Å². The molecule has 7 nitrogen and oxygen atoms in total. The first kappa shape index (κ1) is 21.5. The Labute approximate surface area is 163 Å². The van der Waals surface area contributed by atoms with Gasteiger partial charge in [0, 0.05) is 14.1 Å². The molecule has 0 aliphatic carbocycles. The molecule has 0 saturated heterocycles. The molecule has 0 aliphatic heterocycles. The van der Waals surface area contributed by atoms with Gasteiger partial charge >= 0.3 is 5.97 Å². The summed E-state index contributed by atoms with van der Waals surface area (Å²) < 4.78 is 44.2. The van der Waals surface area contributed by atoms with Gasteiger partial charge in [-0.2, -0.15) is 0 Å². The molecular weight excluding hydrogens is 387 g/mol. The first-order chi connectivity index (χ1) is 13.0. The van der Waals surface area contributed by atoms with Crippen molar-refractivity contribution < 1.29 is 27.1 Å². The number of hydrogen-bond acceptors (Lipinski definition) is 5. The molecule has 28 heavy (non-hydrogen) atoms. The predicted octanol–water partition coefficient (Wildman–Crippen LogP) is 2.49. The highest BCUT2D eigenvalue weighted by Gasteiger charge is 2.21. The van der Waals surface area contributed by atoms with Crippen LogP contribution in [0.4, 0.5) is 10.1 Å². The number of ether oxygens (including phenoxy) is 1.